The standard InChI is InChI=1S/C18H19F3IN3O2/c19-18(20,21)14-4-1-3-12(9-14)13-5-8-24(10-13)6-2-7-25-11-15(22)16(26)23-17(25)27/h1,3-4,9,11,13H,2,5-8,10H2,(H,23,26,27). The van der Waals surface area contributed by atoms with Crippen molar-refractivity contribution < 1.29 is 13.2 Å². The molecule has 1 aliphatic heterocycles. The third kappa shape index (κ3) is 5.01. The van der Waals surface area contributed by atoms with Crippen LogP contribution in [0, 0.1) is 3.57 Å². The maximum absolute atomic E-state index is 12.9. The van der Waals surface area contributed by atoms with E-state index in [1.54, 1.807) is 6.07 Å². The van der Waals surface area contributed by atoms with Crippen molar-refractivity contribution in [1.29, 1.82) is 0 Å². The minimum atomic E-state index is -4.32. The summed E-state index contributed by atoms with van der Waals surface area (Å²) in [6.07, 6.45) is -1.25. The Morgan fingerprint density at radius 3 is 2.74 bits per heavy atom. The molecule has 0 bridgehead atoms. The normalized spacial score (nSPS) is 18.1. The van der Waals surface area contributed by atoms with E-state index in [4.69, 9.17) is 0 Å². The van der Waals surface area contributed by atoms with Crippen LogP contribution in [-0.2, 0) is 12.7 Å². The second-order valence-corrected chi connectivity index (χ2v) is 7.85. The number of alkyl halides is 3. The van der Waals surface area contributed by atoms with Gasteiger partial charge in [-0.25, -0.2) is 4.79 Å². The number of nitrogens with one attached hydrogen (secondary N) is 1. The van der Waals surface area contributed by atoms with E-state index in [9.17, 15) is 22.8 Å². The summed E-state index contributed by atoms with van der Waals surface area (Å²) in [6.45, 7) is 2.76. The molecule has 1 fully saturated rings. The monoisotopic (exact) mass is 493 g/mol. The number of likely N-dealkylation sites (tertiary alicyclic amines) is 1. The summed E-state index contributed by atoms with van der Waals surface area (Å²) in [6, 6.07) is 5.56. The first-order valence-electron chi connectivity index (χ1n) is 8.63. The van der Waals surface area contributed by atoms with Gasteiger partial charge in [-0.2, -0.15) is 13.2 Å². The topological polar surface area (TPSA) is 58.1 Å². The highest BCUT2D eigenvalue weighted by molar-refractivity contribution is 14.1. The number of H-pyrrole nitrogens is 1. The van der Waals surface area contributed by atoms with E-state index in [2.05, 4.69) is 9.88 Å². The van der Waals surface area contributed by atoms with Gasteiger partial charge in [-0.1, -0.05) is 18.2 Å². The fourth-order valence-corrected chi connectivity index (χ4v) is 3.86. The Hall–Kier alpha value is -1.62. The second kappa shape index (κ2) is 8.17. The molecule has 27 heavy (non-hydrogen) atoms. The van der Waals surface area contributed by atoms with Crippen molar-refractivity contribution in [2.45, 2.75) is 31.5 Å². The lowest BCUT2D eigenvalue weighted by Gasteiger charge is -2.17. The molecule has 5 nitrogen and oxygen atoms in total. The second-order valence-electron chi connectivity index (χ2n) is 6.69. The molecule has 0 aliphatic carbocycles. The summed E-state index contributed by atoms with van der Waals surface area (Å²) >= 11 is 1.88. The predicted octanol–water partition coefficient (Wildman–Crippen LogP) is 3.04. The highest BCUT2D eigenvalue weighted by atomic mass is 127. The molecule has 1 N–H and O–H groups in total. The molecule has 0 amide bonds. The van der Waals surface area contributed by atoms with Gasteiger partial charge in [-0.05, 0) is 66.1 Å². The van der Waals surface area contributed by atoms with E-state index in [0.29, 0.717) is 16.7 Å². The number of nitrogens with zero attached hydrogens (tertiary/aromatic N) is 2. The minimum Gasteiger partial charge on any atom is -0.303 e. The van der Waals surface area contributed by atoms with Crippen LogP contribution in [-0.4, -0.2) is 34.1 Å². The number of halogens is 4. The Morgan fingerprint density at radius 2 is 2.00 bits per heavy atom. The fraction of sp³-hybridized carbons (Fsp3) is 0.444. The Morgan fingerprint density at radius 1 is 1.22 bits per heavy atom. The summed E-state index contributed by atoms with van der Waals surface area (Å²) in [5.41, 5.74) is -0.701. The van der Waals surface area contributed by atoms with Gasteiger partial charge in [0.25, 0.3) is 5.56 Å². The smallest absolute Gasteiger partial charge is 0.303 e. The van der Waals surface area contributed by atoms with Crippen LogP contribution in [0.3, 0.4) is 0 Å². The highest BCUT2D eigenvalue weighted by Gasteiger charge is 2.32. The molecule has 1 atom stereocenters. The van der Waals surface area contributed by atoms with Crippen LogP contribution < -0.4 is 11.2 Å². The summed E-state index contributed by atoms with van der Waals surface area (Å²) < 4.78 is 40.6. The summed E-state index contributed by atoms with van der Waals surface area (Å²) in [5, 5.41) is 0. The number of hydrogen-bond acceptors (Lipinski definition) is 3. The van der Waals surface area contributed by atoms with Crippen molar-refractivity contribution in [2.75, 3.05) is 19.6 Å². The molecule has 0 spiro atoms. The molecule has 0 radical (unpaired) electrons. The van der Waals surface area contributed by atoms with E-state index in [0.717, 1.165) is 37.6 Å². The number of hydrogen-bond donors (Lipinski definition) is 1. The van der Waals surface area contributed by atoms with Crippen molar-refractivity contribution in [3.05, 3.63) is 66.0 Å². The third-order valence-electron chi connectivity index (χ3n) is 4.80. The number of benzene rings is 1. The van der Waals surface area contributed by atoms with Gasteiger partial charge >= 0.3 is 11.9 Å². The molecule has 2 heterocycles. The van der Waals surface area contributed by atoms with Crippen LogP contribution in [0.2, 0.25) is 0 Å². The average Bonchev–Trinajstić information content (AvgIpc) is 3.08. The maximum Gasteiger partial charge on any atom is 0.416 e. The van der Waals surface area contributed by atoms with Gasteiger partial charge in [-0.3, -0.25) is 14.3 Å². The zero-order chi connectivity index (χ0) is 19.6. The van der Waals surface area contributed by atoms with Crippen molar-refractivity contribution in [3.8, 4) is 0 Å². The van der Waals surface area contributed by atoms with Crippen LogP contribution in [0.1, 0.15) is 29.9 Å². The van der Waals surface area contributed by atoms with E-state index >= 15 is 0 Å². The molecular formula is C18H19F3IN3O2. The van der Waals surface area contributed by atoms with Crippen LogP contribution >= 0.6 is 22.6 Å². The van der Waals surface area contributed by atoms with Crippen molar-refractivity contribution in [2.24, 2.45) is 0 Å². The number of rotatable bonds is 5. The van der Waals surface area contributed by atoms with Crippen LogP contribution in [0.5, 0.6) is 0 Å². The van der Waals surface area contributed by atoms with Gasteiger partial charge in [0.2, 0.25) is 0 Å². The lowest BCUT2D eigenvalue weighted by Crippen LogP contribution is -2.32. The van der Waals surface area contributed by atoms with Crippen molar-refractivity contribution >= 4 is 22.6 Å². The largest absolute Gasteiger partial charge is 0.416 e. The lowest BCUT2D eigenvalue weighted by molar-refractivity contribution is -0.137. The predicted molar refractivity (Wildman–Crippen MR) is 104 cm³/mol. The molecule has 1 aromatic carbocycles. The SMILES string of the molecule is O=c1[nH]c(=O)n(CCCN2CCC(c3cccc(C(F)(F)F)c3)C2)cc1I. The Bertz CT molecular complexity index is 923. The van der Waals surface area contributed by atoms with Gasteiger partial charge in [0.05, 0.1) is 9.13 Å². The van der Waals surface area contributed by atoms with Crippen LogP contribution in [0.25, 0.3) is 0 Å². The molecule has 3 rings (SSSR count). The number of aromatic amines is 1. The molecule has 1 unspecified atom stereocenters. The maximum atomic E-state index is 12.9. The zero-order valence-corrected chi connectivity index (χ0v) is 16.6. The molecule has 9 heteroatoms. The van der Waals surface area contributed by atoms with E-state index in [1.807, 2.05) is 22.6 Å². The first-order chi connectivity index (χ1) is 12.7. The van der Waals surface area contributed by atoms with Gasteiger partial charge in [0, 0.05) is 19.3 Å². The van der Waals surface area contributed by atoms with Crippen molar-refractivity contribution in [1.82, 2.24) is 14.5 Å². The number of aryl methyl sites for hydroxylation is 1. The molecule has 2 aromatic rings. The van der Waals surface area contributed by atoms with Crippen molar-refractivity contribution in [3.63, 3.8) is 0 Å². The summed E-state index contributed by atoms with van der Waals surface area (Å²) in [7, 11) is 0. The quantitative estimate of drug-likeness (QED) is 0.652. The molecule has 146 valence electrons. The molecule has 1 aromatic heterocycles. The molecule has 1 aliphatic rings. The molecule has 0 saturated carbocycles. The highest BCUT2D eigenvalue weighted by Crippen LogP contribution is 2.33. The fourth-order valence-electron chi connectivity index (χ4n) is 3.39. The Kier molecular flexibility index (Phi) is 6.09. The first kappa shape index (κ1) is 20.1. The van der Waals surface area contributed by atoms with Gasteiger partial charge in [0.15, 0.2) is 0 Å². The Labute approximate surface area is 167 Å². The van der Waals surface area contributed by atoms with Crippen LogP contribution in [0.15, 0.2) is 40.1 Å². The van der Waals surface area contributed by atoms with Gasteiger partial charge in [-0.15, -0.1) is 0 Å². The van der Waals surface area contributed by atoms with E-state index in [1.165, 1.54) is 22.9 Å². The van der Waals surface area contributed by atoms with Gasteiger partial charge in [0.1, 0.15) is 0 Å². The molecule has 1 saturated heterocycles. The Balaban J connectivity index is 1.56. The van der Waals surface area contributed by atoms with E-state index in [-0.39, 0.29) is 11.5 Å². The summed E-state index contributed by atoms with van der Waals surface area (Å²) in [5.74, 6) is 0.0871. The van der Waals surface area contributed by atoms with E-state index < -0.39 is 17.4 Å². The molecular weight excluding hydrogens is 474 g/mol. The zero-order valence-electron chi connectivity index (χ0n) is 14.4. The average molecular weight is 493 g/mol. The van der Waals surface area contributed by atoms with Crippen LogP contribution in [0.4, 0.5) is 13.2 Å². The first-order valence-corrected chi connectivity index (χ1v) is 9.70. The number of aromatic nitrogens is 2. The summed E-state index contributed by atoms with van der Waals surface area (Å²) in [4.78, 5) is 27.6. The minimum absolute atomic E-state index is 0.0871. The van der Waals surface area contributed by atoms with Gasteiger partial charge < -0.3 is 4.90 Å². The third-order valence-corrected chi connectivity index (χ3v) is 5.57. The lowest BCUT2D eigenvalue weighted by atomic mass is 9.96.